The van der Waals surface area contributed by atoms with Crippen LogP contribution in [-0.2, 0) is 6.54 Å². The van der Waals surface area contributed by atoms with Crippen molar-refractivity contribution >= 4 is 16.6 Å². The molecular weight excluding hydrogens is 486 g/mol. The van der Waals surface area contributed by atoms with E-state index in [9.17, 15) is 15.2 Å². The molecule has 2 bridgehead atoms. The van der Waals surface area contributed by atoms with Gasteiger partial charge in [0.25, 0.3) is 5.69 Å². The highest BCUT2D eigenvalue weighted by molar-refractivity contribution is 5.83. The van der Waals surface area contributed by atoms with Gasteiger partial charge in [0, 0.05) is 36.4 Å². The molecule has 3 aromatic rings. The van der Waals surface area contributed by atoms with E-state index in [2.05, 4.69) is 11.6 Å². The van der Waals surface area contributed by atoms with Crippen molar-refractivity contribution in [2.75, 3.05) is 34.4 Å². The molecule has 4 heterocycles. The minimum atomic E-state index is -0.771. The number of fused-ring (bicyclic) bond motifs is 4. The summed E-state index contributed by atoms with van der Waals surface area (Å²) in [6.07, 6.45) is 4.80. The lowest BCUT2D eigenvalue weighted by molar-refractivity contribution is -0.984. The molecule has 3 aliphatic heterocycles. The van der Waals surface area contributed by atoms with Gasteiger partial charge >= 0.3 is 0 Å². The molecule has 3 fully saturated rings. The smallest absolute Gasteiger partial charge is 0.273 e. The molecule has 0 aliphatic carbocycles. The van der Waals surface area contributed by atoms with Crippen molar-refractivity contribution in [1.29, 1.82) is 0 Å². The average Bonchev–Trinajstić information content (AvgIpc) is 2.95. The zero-order valence-corrected chi connectivity index (χ0v) is 22.0. The number of hydrogen-bond donors (Lipinski definition) is 1. The number of aliphatic hydroxyl groups is 1. The number of methoxy groups -OCH3 is 3. The molecule has 0 radical (unpaired) electrons. The van der Waals surface area contributed by atoms with Crippen LogP contribution in [0.1, 0.15) is 30.1 Å². The van der Waals surface area contributed by atoms with Crippen molar-refractivity contribution in [3.05, 3.63) is 76.5 Å². The Morgan fingerprint density at radius 2 is 2.03 bits per heavy atom. The van der Waals surface area contributed by atoms with Gasteiger partial charge in [0.1, 0.15) is 24.4 Å². The predicted octanol–water partition coefficient (Wildman–Crippen LogP) is 4.81. The van der Waals surface area contributed by atoms with Crippen molar-refractivity contribution in [1.82, 2.24) is 4.98 Å². The molecular formula is C29H34N3O6+. The molecule has 200 valence electrons. The van der Waals surface area contributed by atoms with Crippen LogP contribution >= 0.6 is 0 Å². The van der Waals surface area contributed by atoms with Crippen LogP contribution in [0.2, 0.25) is 0 Å². The number of rotatable bonds is 9. The maximum absolute atomic E-state index is 12.0. The van der Waals surface area contributed by atoms with Gasteiger partial charge in [-0.25, -0.2) is 0 Å². The van der Waals surface area contributed by atoms with Crippen LogP contribution in [0, 0.1) is 22.0 Å². The van der Waals surface area contributed by atoms with Crippen LogP contribution in [0.3, 0.4) is 0 Å². The van der Waals surface area contributed by atoms with Crippen LogP contribution < -0.4 is 14.2 Å². The molecule has 9 nitrogen and oxygen atoms in total. The van der Waals surface area contributed by atoms with Crippen molar-refractivity contribution in [2.24, 2.45) is 11.8 Å². The van der Waals surface area contributed by atoms with Crippen molar-refractivity contribution in [3.8, 4) is 17.2 Å². The number of ether oxygens (including phenoxy) is 3. The first-order valence-electron chi connectivity index (χ1n) is 12.8. The second-order valence-corrected chi connectivity index (χ2v) is 10.4. The summed E-state index contributed by atoms with van der Waals surface area (Å²) in [5, 5.41) is 24.6. The Balaban J connectivity index is 1.62. The van der Waals surface area contributed by atoms with Gasteiger partial charge in [-0.05, 0) is 35.7 Å². The molecule has 3 aliphatic rings. The SMILES string of the molecule is C=CC1C[N+]2(Cc3cc([N+](=O)[O-])cc(OC)c3OC)CCC1CC2C(O)c1ccnc2ccc(OC)cc12. The molecule has 38 heavy (non-hydrogen) atoms. The summed E-state index contributed by atoms with van der Waals surface area (Å²) in [6.45, 7) is 6.20. The Hall–Kier alpha value is -3.69. The second kappa shape index (κ2) is 10.2. The van der Waals surface area contributed by atoms with E-state index in [4.69, 9.17) is 14.2 Å². The fourth-order valence-electron chi connectivity index (χ4n) is 6.71. The lowest BCUT2D eigenvalue weighted by Gasteiger charge is -2.58. The summed E-state index contributed by atoms with van der Waals surface area (Å²) in [6, 6.07) is 10.4. The number of non-ortho nitro benzene ring substituents is 1. The van der Waals surface area contributed by atoms with E-state index in [0.29, 0.717) is 45.7 Å². The van der Waals surface area contributed by atoms with Crippen LogP contribution in [0.5, 0.6) is 17.2 Å². The number of nitrogens with zero attached hydrogens (tertiary/aromatic N) is 3. The summed E-state index contributed by atoms with van der Waals surface area (Å²) < 4.78 is 17.2. The summed E-state index contributed by atoms with van der Waals surface area (Å²) in [7, 11) is 4.65. The number of nitro groups is 1. The third-order valence-electron chi connectivity index (χ3n) is 8.58. The van der Waals surface area contributed by atoms with Gasteiger partial charge in [-0.15, -0.1) is 6.58 Å². The van der Waals surface area contributed by atoms with Crippen LogP contribution in [0.25, 0.3) is 10.9 Å². The van der Waals surface area contributed by atoms with Crippen molar-refractivity contribution in [3.63, 3.8) is 0 Å². The summed E-state index contributed by atoms with van der Waals surface area (Å²) in [5.74, 6) is 2.24. The van der Waals surface area contributed by atoms with Gasteiger partial charge in [0.2, 0.25) is 0 Å². The monoisotopic (exact) mass is 520 g/mol. The highest BCUT2D eigenvalue weighted by atomic mass is 16.6. The quantitative estimate of drug-likeness (QED) is 0.187. The fraction of sp³-hybridized carbons (Fsp3) is 0.414. The highest BCUT2D eigenvalue weighted by Gasteiger charge is 2.54. The van der Waals surface area contributed by atoms with E-state index in [1.807, 2.05) is 30.3 Å². The second-order valence-electron chi connectivity index (χ2n) is 10.4. The number of pyridine rings is 1. The first-order chi connectivity index (χ1) is 18.3. The van der Waals surface area contributed by atoms with E-state index in [0.717, 1.165) is 42.4 Å². The number of hydrogen-bond acceptors (Lipinski definition) is 7. The Bertz CT molecular complexity index is 1380. The standard InChI is InChI=1S/C29H34N3O6/c1-5-18-16-32(17-20-12-21(31(34)35)14-27(37-3)29(20)38-4)11-9-19(18)13-26(32)28(33)23-8-10-30-25-7-6-22(36-2)15-24(23)25/h5-8,10,12,14-15,18-19,26,28,33H,1,9,11,13,16-17H2,2-4H3/q+1. The molecule has 1 aromatic heterocycles. The van der Waals surface area contributed by atoms with Gasteiger partial charge in [-0.1, -0.05) is 6.08 Å². The Labute approximate surface area is 222 Å². The van der Waals surface area contributed by atoms with Crippen molar-refractivity contribution < 1.29 is 28.7 Å². The lowest BCUT2D eigenvalue weighted by Crippen LogP contribution is -2.67. The van der Waals surface area contributed by atoms with E-state index in [1.165, 1.54) is 13.2 Å². The zero-order valence-electron chi connectivity index (χ0n) is 22.0. The van der Waals surface area contributed by atoms with Crippen LogP contribution in [-0.4, -0.2) is 60.0 Å². The average molecular weight is 521 g/mol. The lowest BCUT2D eigenvalue weighted by atomic mass is 9.71. The number of aromatic nitrogens is 1. The Morgan fingerprint density at radius 1 is 1.21 bits per heavy atom. The number of benzene rings is 2. The largest absolute Gasteiger partial charge is 0.497 e. The summed E-state index contributed by atoms with van der Waals surface area (Å²) in [4.78, 5) is 15.8. The first-order valence-corrected chi connectivity index (χ1v) is 12.8. The van der Waals surface area contributed by atoms with E-state index in [1.54, 1.807) is 26.5 Å². The molecule has 0 saturated carbocycles. The molecule has 5 unspecified atom stereocenters. The first kappa shape index (κ1) is 25.9. The third kappa shape index (κ3) is 4.35. The molecule has 0 spiro atoms. The van der Waals surface area contributed by atoms with Gasteiger partial charge in [-0.3, -0.25) is 15.1 Å². The molecule has 1 N–H and O–H groups in total. The maximum Gasteiger partial charge on any atom is 0.273 e. The van der Waals surface area contributed by atoms with E-state index < -0.39 is 11.0 Å². The number of aliphatic hydroxyl groups excluding tert-OH is 1. The number of piperidine rings is 3. The third-order valence-corrected chi connectivity index (χ3v) is 8.58. The van der Waals surface area contributed by atoms with Gasteiger partial charge in [0.15, 0.2) is 11.5 Å². The zero-order chi connectivity index (χ0) is 27.0. The molecule has 0 amide bonds. The fourth-order valence-corrected chi connectivity index (χ4v) is 6.71. The molecule has 9 heteroatoms. The number of nitro benzene ring substituents is 1. The highest BCUT2D eigenvalue weighted by Crippen LogP contribution is 2.49. The van der Waals surface area contributed by atoms with Gasteiger partial charge in [-0.2, -0.15) is 0 Å². The molecule has 2 aromatic carbocycles. The van der Waals surface area contributed by atoms with Crippen LogP contribution in [0.15, 0.2) is 55.3 Å². The van der Waals surface area contributed by atoms with Crippen LogP contribution in [0.4, 0.5) is 5.69 Å². The predicted molar refractivity (Wildman–Crippen MR) is 143 cm³/mol. The number of quaternary nitrogens is 1. The molecule has 3 saturated heterocycles. The minimum Gasteiger partial charge on any atom is -0.497 e. The Morgan fingerprint density at radius 3 is 2.71 bits per heavy atom. The van der Waals surface area contributed by atoms with Crippen molar-refractivity contribution in [2.45, 2.75) is 31.5 Å². The van der Waals surface area contributed by atoms with Gasteiger partial charge in [0.05, 0.1) is 56.5 Å². The Kier molecular flexibility index (Phi) is 6.98. The molecule has 5 atom stereocenters. The summed E-state index contributed by atoms with van der Waals surface area (Å²) in [5.41, 5.74) is 2.24. The topological polar surface area (TPSA) is 104 Å². The van der Waals surface area contributed by atoms with E-state index >= 15 is 0 Å². The molecule has 6 rings (SSSR count). The van der Waals surface area contributed by atoms with E-state index in [-0.39, 0.29) is 11.7 Å². The summed E-state index contributed by atoms with van der Waals surface area (Å²) >= 11 is 0. The normalized spacial score (nSPS) is 25.1. The minimum absolute atomic E-state index is 0.0488. The van der Waals surface area contributed by atoms with Gasteiger partial charge < -0.3 is 23.8 Å². The maximum atomic E-state index is 12.0.